The zero-order valence-corrected chi connectivity index (χ0v) is 21.4. The Morgan fingerprint density at radius 2 is 1.22 bits per heavy atom. The highest BCUT2D eigenvalue weighted by Crippen LogP contribution is 2.37. The van der Waals surface area contributed by atoms with E-state index in [0.29, 0.717) is 56.8 Å². The van der Waals surface area contributed by atoms with Crippen LogP contribution in [0.25, 0.3) is 0 Å². The normalized spacial score (nSPS) is 22.3. The molecule has 2 aliphatic heterocycles. The van der Waals surface area contributed by atoms with E-state index in [-0.39, 0.29) is 37.3 Å². The van der Waals surface area contributed by atoms with Crippen LogP contribution in [0.2, 0.25) is 0 Å². The van der Waals surface area contributed by atoms with E-state index < -0.39 is 11.2 Å². The highest BCUT2D eigenvalue weighted by Gasteiger charge is 2.42. The summed E-state index contributed by atoms with van der Waals surface area (Å²) in [5.74, 6) is 0.550. The molecule has 0 radical (unpaired) electrons. The molecule has 0 aliphatic carbocycles. The topological polar surface area (TPSA) is 62.2 Å². The molecule has 0 spiro atoms. The molecule has 5 nitrogen and oxygen atoms in total. The molecular weight excluding hydrogens is 500 g/mol. The first kappa shape index (κ1) is 27.3. The fourth-order valence-corrected chi connectivity index (χ4v) is 5.35. The minimum Gasteiger partial charge on any atom is -0.483 e. The Morgan fingerprint density at radius 1 is 0.730 bits per heavy atom. The maximum absolute atomic E-state index is 13.7. The lowest BCUT2D eigenvalue weighted by molar-refractivity contribution is -0.0710. The summed E-state index contributed by atoms with van der Waals surface area (Å²) in [6.45, 7) is 0.922. The number of benzene rings is 3. The molecule has 0 saturated carbocycles. The highest BCUT2D eigenvalue weighted by molar-refractivity contribution is 5.85. The molecule has 2 atom stereocenters. The van der Waals surface area contributed by atoms with Crippen LogP contribution in [0.3, 0.4) is 0 Å². The van der Waals surface area contributed by atoms with Gasteiger partial charge in [0.25, 0.3) is 0 Å². The first-order valence-corrected chi connectivity index (χ1v) is 12.3. The average molecular weight is 532 g/mol. The van der Waals surface area contributed by atoms with E-state index in [2.05, 4.69) is 4.90 Å². The summed E-state index contributed by atoms with van der Waals surface area (Å²) in [4.78, 5) is 2.14. The Morgan fingerprint density at radius 3 is 1.68 bits per heavy atom. The van der Waals surface area contributed by atoms with Crippen LogP contribution in [0.5, 0.6) is 11.5 Å². The Bertz CT molecular complexity index is 1140. The van der Waals surface area contributed by atoms with E-state index in [1.54, 1.807) is 12.1 Å². The fraction of sp³-hybridized carbons (Fsp3) is 0.379. The smallest absolute Gasteiger partial charge is 0.145 e. The molecular formula is C29H32ClF2NO4. The quantitative estimate of drug-likeness (QED) is 0.441. The fourth-order valence-electron chi connectivity index (χ4n) is 5.35. The molecule has 0 aromatic heterocycles. The standard InChI is InChI=1S/C29H31F2NO4.ClH/c30-24-6-8-26-22(14-24)10-12-28(19-33,35-26)17-32(16-21-4-2-1-3-5-21)18-29(20-34)13-11-23-15-25(31)7-9-27(23)36-29;/h1-9,14-15,33-34H,10-13,16-20H2;1H. The number of hydrogen-bond donors (Lipinski definition) is 2. The third-order valence-electron chi connectivity index (χ3n) is 7.25. The van der Waals surface area contributed by atoms with E-state index in [4.69, 9.17) is 9.47 Å². The number of nitrogens with zero attached hydrogens (tertiary/aromatic N) is 1. The Labute approximate surface area is 222 Å². The molecule has 0 fully saturated rings. The van der Waals surface area contributed by atoms with Crippen molar-refractivity contribution < 1.29 is 28.5 Å². The predicted molar refractivity (Wildman–Crippen MR) is 139 cm³/mol. The summed E-state index contributed by atoms with van der Waals surface area (Å²) < 4.78 is 40.1. The van der Waals surface area contributed by atoms with Gasteiger partial charge in [-0.3, -0.25) is 4.90 Å². The van der Waals surface area contributed by atoms with Crippen molar-refractivity contribution in [1.29, 1.82) is 0 Å². The summed E-state index contributed by atoms with van der Waals surface area (Å²) >= 11 is 0. The predicted octanol–water partition coefficient (Wildman–Crippen LogP) is 4.70. The lowest BCUT2D eigenvalue weighted by Crippen LogP contribution is -2.57. The molecule has 2 aliphatic rings. The number of halogens is 3. The van der Waals surface area contributed by atoms with Gasteiger partial charge < -0.3 is 19.7 Å². The largest absolute Gasteiger partial charge is 0.483 e. The number of fused-ring (bicyclic) bond motifs is 2. The van der Waals surface area contributed by atoms with Gasteiger partial charge in [-0.1, -0.05) is 30.3 Å². The van der Waals surface area contributed by atoms with E-state index in [9.17, 15) is 19.0 Å². The second-order valence-corrected chi connectivity index (χ2v) is 10.0. The minimum atomic E-state index is -0.883. The van der Waals surface area contributed by atoms with Crippen LogP contribution < -0.4 is 9.47 Å². The van der Waals surface area contributed by atoms with Crippen molar-refractivity contribution in [1.82, 2.24) is 4.90 Å². The van der Waals surface area contributed by atoms with Gasteiger partial charge in [-0.25, -0.2) is 8.78 Å². The van der Waals surface area contributed by atoms with Gasteiger partial charge in [-0.15, -0.1) is 12.4 Å². The van der Waals surface area contributed by atoms with Crippen molar-refractivity contribution in [2.75, 3.05) is 26.3 Å². The summed E-state index contributed by atoms with van der Waals surface area (Å²) in [6.07, 6.45) is 2.24. The first-order valence-electron chi connectivity index (χ1n) is 12.3. The van der Waals surface area contributed by atoms with Crippen LogP contribution >= 0.6 is 12.4 Å². The van der Waals surface area contributed by atoms with Crippen molar-refractivity contribution in [3.63, 3.8) is 0 Å². The molecule has 3 aromatic carbocycles. The molecule has 198 valence electrons. The molecule has 0 saturated heterocycles. The van der Waals surface area contributed by atoms with Crippen LogP contribution in [0.1, 0.15) is 29.5 Å². The van der Waals surface area contributed by atoms with Crippen molar-refractivity contribution in [3.8, 4) is 11.5 Å². The van der Waals surface area contributed by atoms with E-state index in [1.807, 2.05) is 30.3 Å². The number of aliphatic hydroxyl groups excluding tert-OH is 2. The van der Waals surface area contributed by atoms with Gasteiger partial charge in [0.15, 0.2) is 0 Å². The second-order valence-electron chi connectivity index (χ2n) is 10.0. The number of rotatable bonds is 8. The van der Waals surface area contributed by atoms with Gasteiger partial charge in [0.05, 0.1) is 13.2 Å². The molecule has 5 rings (SSSR count). The average Bonchev–Trinajstić information content (AvgIpc) is 2.89. The van der Waals surface area contributed by atoms with Gasteiger partial charge in [-0.05, 0) is 78.8 Å². The minimum absolute atomic E-state index is 0. The lowest BCUT2D eigenvalue weighted by atomic mass is 9.88. The third kappa shape index (κ3) is 6.07. The van der Waals surface area contributed by atoms with Crippen molar-refractivity contribution in [2.24, 2.45) is 0 Å². The van der Waals surface area contributed by atoms with Gasteiger partial charge in [-0.2, -0.15) is 0 Å². The van der Waals surface area contributed by atoms with Crippen LogP contribution in [0.4, 0.5) is 8.78 Å². The maximum atomic E-state index is 13.7. The van der Waals surface area contributed by atoms with Crippen molar-refractivity contribution >= 4 is 12.4 Å². The molecule has 0 amide bonds. The molecule has 2 heterocycles. The van der Waals surface area contributed by atoms with E-state index >= 15 is 0 Å². The Kier molecular flexibility index (Phi) is 8.39. The molecule has 0 bridgehead atoms. The highest BCUT2D eigenvalue weighted by atomic mass is 35.5. The molecule has 3 aromatic rings. The zero-order chi connectivity index (χ0) is 25.2. The van der Waals surface area contributed by atoms with Crippen LogP contribution in [0, 0.1) is 11.6 Å². The lowest BCUT2D eigenvalue weighted by Gasteiger charge is -2.45. The van der Waals surface area contributed by atoms with Crippen LogP contribution in [-0.2, 0) is 19.4 Å². The third-order valence-corrected chi connectivity index (χ3v) is 7.25. The maximum Gasteiger partial charge on any atom is 0.145 e. The second kappa shape index (κ2) is 11.4. The molecule has 37 heavy (non-hydrogen) atoms. The first-order chi connectivity index (χ1) is 17.4. The SMILES string of the molecule is Cl.OCC1(CN(Cc2ccccc2)CC2(CO)CCc3cc(F)ccc3O2)CCc2cc(F)ccc2O1. The van der Waals surface area contributed by atoms with Crippen molar-refractivity contribution in [2.45, 2.75) is 43.4 Å². The molecule has 2 N–H and O–H groups in total. The van der Waals surface area contributed by atoms with Gasteiger partial charge in [0.1, 0.15) is 34.3 Å². The number of aryl methyl sites for hydroxylation is 2. The van der Waals surface area contributed by atoms with Crippen LogP contribution in [0.15, 0.2) is 66.7 Å². The van der Waals surface area contributed by atoms with E-state index in [1.165, 1.54) is 24.3 Å². The summed E-state index contributed by atoms with van der Waals surface area (Å²) in [5.41, 5.74) is 0.896. The van der Waals surface area contributed by atoms with Crippen molar-refractivity contribution in [3.05, 3.63) is 95.1 Å². The van der Waals surface area contributed by atoms with Crippen LogP contribution in [-0.4, -0.2) is 52.6 Å². The van der Waals surface area contributed by atoms with Gasteiger partial charge in [0.2, 0.25) is 0 Å². The number of hydrogen-bond acceptors (Lipinski definition) is 5. The molecule has 8 heteroatoms. The van der Waals surface area contributed by atoms with Gasteiger partial charge >= 0.3 is 0 Å². The monoisotopic (exact) mass is 531 g/mol. The molecule has 2 unspecified atom stereocenters. The summed E-state index contributed by atoms with van der Waals surface area (Å²) in [7, 11) is 0. The Balaban J connectivity index is 0.00000320. The van der Waals surface area contributed by atoms with Gasteiger partial charge in [0, 0.05) is 19.6 Å². The van der Waals surface area contributed by atoms with E-state index in [0.717, 1.165) is 16.7 Å². The summed E-state index contributed by atoms with van der Waals surface area (Å²) in [5, 5.41) is 21.0. The Hall–Kier alpha value is -2.71. The number of aliphatic hydroxyl groups is 2. The zero-order valence-electron chi connectivity index (χ0n) is 20.5. The number of ether oxygens (including phenoxy) is 2. The summed E-state index contributed by atoms with van der Waals surface area (Å²) in [6, 6.07) is 18.9.